The van der Waals surface area contributed by atoms with E-state index in [1.807, 2.05) is 26.0 Å². The first-order chi connectivity index (χ1) is 14.9. The lowest BCUT2D eigenvalue weighted by atomic mass is 9.96. The van der Waals surface area contributed by atoms with Crippen molar-refractivity contribution >= 4 is 17.4 Å². The number of anilines is 2. The monoisotopic (exact) mass is 418 g/mol. The second-order valence-corrected chi connectivity index (χ2v) is 8.33. The van der Waals surface area contributed by atoms with Crippen LogP contribution >= 0.6 is 0 Å². The van der Waals surface area contributed by atoms with Gasteiger partial charge >= 0.3 is 0 Å². The molecule has 4 rings (SSSR count). The average Bonchev–Trinajstić information content (AvgIpc) is 2.77. The summed E-state index contributed by atoms with van der Waals surface area (Å²) in [5.74, 6) is 0.427. The molecule has 1 aliphatic rings. The number of rotatable bonds is 4. The molecule has 1 N–H and O–H groups in total. The van der Waals surface area contributed by atoms with Gasteiger partial charge in [-0.3, -0.25) is 4.79 Å². The Hall–Kier alpha value is -3.28. The molecule has 160 valence electrons. The minimum Gasteiger partial charge on any atom is -0.354 e. The van der Waals surface area contributed by atoms with Crippen LogP contribution in [0.2, 0.25) is 0 Å². The van der Waals surface area contributed by atoms with Gasteiger partial charge in [0.15, 0.2) is 5.82 Å². The molecule has 1 atom stereocenters. The molecule has 0 radical (unpaired) electrons. The molecule has 6 heteroatoms. The van der Waals surface area contributed by atoms with E-state index in [1.165, 1.54) is 17.7 Å². The van der Waals surface area contributed by atoms with Gasteiger partial charge < -0.3 is 10.2 Å². The van der Waals surface area contributed by atoms with Gasteiger partial charge in [0, 0.05) is 24.3 Å². The zero-order valence-corrected chi connectivity index (χ0v) is 18.2. The van der Waals surface area contributed by atoms with Crippen molar-refractivity contribution in [1.82, 2.24) is 10.2 Å². The van der Waals surface area contributed by atoms with E-state index in [-0.39, 0.29) is 17.6 Å². The summed E-state index contributed by atoms with van der Waals surface area (Å²) >= 11 is 0. The van der Waals surface area contributed by atoms with Crippen molar-refractivity contribution in [2.24, 2.45) is 5.92 Å². The number of amides is 1. The van der Waals surface area contributed by atoms with Crippen LogP contribution in [0.25, 0.3) is 11.3 Å². The van der Waals surface area contributed by atoms with E-state index in [0.29, 0.717) is 12.2 Å². The number of hydrogen-bond acceptors (Lipinski definition) is 4. The smallest absolute Gasteiger partial charge is 0.229 e. The van der Waals surface area contributed by atoms with Gasteiger partial charge in [0.05, 0.1) is 11.6 Å². The SMILES string of the molecule is Cc1cc(C)c(NC(=O)C2CCCN(c3ccc(-c4ccc(F)cc4)nn3)C2)c(C)c1. The topological polar surface area (TPSA) is 58.1 Å². The molecular formula is C25H27FN4O. The summed E-state index contributed by atoms with van der Waals surface area (Å²) < 4.78 is 13.1. The summed E-state index contributed by atoms with van der Waals surface area (Å²) in [5, 5.41) is 11.8. The van der Waals surface area contributed by atoms with Gasteiger partial charge in [-0.05, 0) is 81.1 Å². The normalized spacial score (nSPS) is 16.3. The van der Waals surface area contributed by atoms with Gasteiger partial charge in [0.1, 0.15) is 5.82 Å². The van der Waals surface area contributed by atoms with Crippen LogP contribution in [0.1, 0.15) is 29.5 Å². The Morgan fingerprint density at radius 1 is 1.03 bits per heavy atom. The Morgan fingerprint density at radius 2 is 1.74 bits per heavy atom. The van der Waals surface area contributed by atoms with Gasteiger partial charge in [0.25, 0.3) is 0 Å². The van der Waals surface area contributed by atoms with Crippen molar-refractivity contribution in [3.05, 3.63) is 71.0 Å². The van der Waals surface area contributed by atoms with Crippen molar-refractivity contribution in [1.29, 1.82) is 0 Å². The highest BCUT2D eigenvalue weighted by Gasteiger charge is 2.27. The highest BCUT2D eigenvalue weighted by atomic mass is 19.1. The Kier molecular flexibility index (Phi) is 5.98. The maximum absolute atomic E-state index is 13.1. The largest absolute Gasteiger partial charge is 0.354 e. The van der Waals surface area contributed by atoms with Crippen LogP contribution in [0.5, 0.6) is 0 Å². The molecule has 1 fully saturated rings. The Balaban J connectivity index is 1.44. The summed E-state index contributed by atoms with van der Waals surface area (Å²) in [6.07, 6.45) is 1.78. The molecule has 31 heavy (non-hydrogen) atoms. The van der Waals surface area contributed by atoms with Crippen LogP contribution in [-0.2, 0) is 4.79 Å². The van der Waals surface area contributed by atoms with Crippen molar-refractivity contribution in [2.75, 3.05) is 23.3 Å². The molecule has 1 amide bonds. The van der Waals surface area contributed by atoms with E-state index in [1.54, 1.807) is 12.1 Å². The molecule has 5 nitrogen and oxygen atoms in total. The van der Waals surface area contributed by atoms with Crippen molar-refractivity contribution in [3.63, 3.8) is 0 Å². The highest BCUT2D eigenvalue weighted by Crippen LogP contribution is 2.27. The summed E-state index contributed by atoms with van der Waals surface area (Å²) in [6.45, 7) is 7.58. The zero-order valence-electron chi connectivity index (χ0n) is 18.2. The first-order valence-corrected chi connectivity index (χ1v) is 10.6. The summed E-state index contributed by atoms with van der Waals surface area (Å²) in [6, 6.07) is 14.2. The van der Waals surface area contributed by atoms with E-state index >= 15 is 0 Å². The fourth-order valence-corrected chi connectivity index (χ4v) is 4.27. The maximum atomic E-state index is 13.1. The second kappa shape index (κ2) is 8.84. The lowest BCUT2D eigenvalue weighted by Gasteiger charge is -2.32. The molecule has 3 aromatic rings. The quantitative estimate of drug-likeness (QED) is 0.643. The molecule has 0 saturated carbocycles. The predicted molar refractivity (Wildman–Crippen MR) is 122 cm³/mol. The number of aromatic nitrogens is 2. The van der Waals surface area contributed by atoms with Crippen LogP contribution in [0, 0.1) is 32.5 Å². The molecular weight excluding hydrogens is 391 g/mol. The third kappa shape index (κ3) is 4.74. The summed E-state index contributed by atoms with van der Waals surface area (Å²) in [5.41, 5.74) is 5.79. The Labute approximate surface area is 182 Å². The van der Waals surface area contributed by atoms with Gasteiger partial charge in [-0.25, -0.2) is 4.39 Å². The number of hydrogen-bond donors (Lipinski definition) is 1. The number of halogens is 1. The highest BCUT2D eigenvalue weighted by molar-refractivity contribution is 5.94. The lowest BCUT2D eigenvalue weighted by Crippen LogP contribution is -2.41. The molecule has 2 aromatic carbocycles. The zero-order chi connectivity index (χ0) is 22.0. The third-order valence-corrected chi connectivity index (χ3v) is 5.83. The number of nitrogens with zero attached hydrogens (tertiary/aromatic N) is 3. The van der Waals surface area contributed by atoms with Crippen LogP contribution < -0.4 is 10.2 Å². The van der Waals surface area contributed by atoms with E-state index in [2.05, 4.69) is 39.5 Å². The summed E-state index contributed by atoms with van der Waals surface area (Å²) in [7, 11) is 0. The standard InChI is InChI=1S/C25H27FN4O/c1-16-13-17(2)24(18(3)14-16)27-25(31)20-5-4-12-30(15-20)23-11-10-22(28-29-23)19-6-8-21(26)9-7-19/h6-11,13-14,20H,4-5,12,15H2,1-3H3,(H,27,31). The third-order valence-electron chi connectivity index (χ3n) is 5.83. The Morgan fingerprint density at radius 3 is 2.39 bits per heavy atom. The van der Waals surface area contributed by atoms with Gasteiger partial charge in [0.2, 0.25) is 5.91 Å². The van der Waals surface area contributed by atoms with E-state index < -0.39 is 0 Å². The first-order valence-electron chi connectivity index (χ1n) is 10.6. The van der Waals surface area contributed by atoms with E-state index in [4.69, 9.17) is 0 Å². The number of benzene rings is 2. The van der Waals surface area contributed by atoms with Crippen LogP contribution in [0.3, 0.4) is 0 Å². The number of aryl methyl sites for hydroxylation is 3. The molecule has 0 aliphatic carbocycles. The number of piperidine rings is 1. The maximum Gasteiger partial charge on any atom is 0.229 e. The number of carbonyl (C=O) groups is 1. The molecule has 0 spiro atoms. The Bertz CT molecular complexity index is 1060. The van der Waals surface area contributed by atoms with Crippen molar-refractivity contribution < 1.29 is 9.18 Å². The molecule has 1 aromatic heterocycles. The van der Waals surface area contributed by atoms with E-state index in [9.17, 15) is 9.18 Å². The predicted octanol–water partition coefficient (Wildman–Crippen LogP) is 5.06. The second-order valence-electron chi connectivity index (χ2n) is 8.33. The van der Waals surface area contributed by atoms with Crippen LogP contribution in [0.15, 0.2) is 48.5 Å². The first kappa shape index (κ1) is 21.0. The molecule has 0 bridgehead atoms. The minimum absolute atomic E-state index is 0.0515. The fourth-order valence-electron chi connectivity index (χ4n) is 4.27. The van der Waals surface area contributed by atoms with Crippen LogP contribution in [-0.4, -0.2) is 29.2 Å². The molecule has 1 saturated heterocycles. The van der Waals surface area contributed by atoms with Crippen LogP contribution in [0.4, 0.5) is 15.9 Å². The van der Waals surface area contributed by atoms with Gasteiger partial charge in [-0.2, -0.15) is 0 Å². The van der Waals surface area contributed by atoms with Crippen molar-refractivity contribution in [3.8, 4) is 11.3 Å². The molecule has 1 aliphatic heterocycles. The van der Waals surface area contributed by atoms with Crippen molar-refractivity contribution in [2.45, 2.75) is 33.6 Å². The van der Waals surface area contributed by atoms with Gasteiger partial charge in [-0.1, -0.05) is 17.7 Å². The average molecular weight is 419 g/mol. The fraction of sp³-hybridized carbons (Fsp3) is 0.320. The molecule has 2 heterocycles. The lowest BCUT2D eigenvalue weighted by molar-refractivity contribution is -0.120. The minimum atomic E-state index is -0.276. The molecule has 1 unspecified atom stereocenters. The number of carbonyl (C=O) groups excluding carboxylic acids is 1. The van der Waals surface area contributed by atoms with E-state index in [0.717, 1.165) is 47.6 Å². The number of nitrogens with one attached hydrogen (secondary N) is 1. The van der Waals surface area contributed by atoms with Gasteiger partial charge in [-0.15, -0.1) is 10.2 Å². The summed E-state index contributed by atoms with van der Waals surface area (Å²) in [4.78, 5) is 15.1.